The number of carbonyl (C=O) groups is 1. The van der Waals surface area contributed by atoms with Gasteiger partial charge in [-0.05, 0) is 43.9 Å². The molecule has 28 heavy (non-hydrogen) atoms. The zero-order valence-electron chi connectivity index (χ0n) is 16.5. The predicted molar refractivity (Wildman–Crippen MR) is 103 cm³/mol. The van der Waals surface area contributed by atoms with Gasteiger partial charge in [-0.3, -0.25) is 0 Å². The Hall–Kier alpha value is -2.42. The standard InChI is InChI=1S/C20H27N3O5/c1-4-14-6-7-17(28-14)16-12-13(3)9-11-22(16)19-18(23(25)26)15(8-10-21-19)20(24)27-5-2/h6-8,10,13,16,23,25H,4-5,9,11-12H2,1-3H3. The molecule has 3 heterocycles. The van der Waals surface area contributed by atoms with E-state index in [2.05, 4.69) is 11.9 Å². The molecule has 0 radical (unpaired) electrons. The number of esters is 1. The lowest BCUT2D eigenvalue weighted by atomic mass is 9.91. The largest absolute Gasteiger partial charge is 0.595 e. The number of aryl methyl sites for hydroxylation is 1. The van der Waals surface area contributed by atoms with E-state index in [1.165, 1.54) is 12.3 Å². The van der Waals surface area contributed by atoms with E-state index in [1.54, 1.807) is 6.92 Å². The van der Waals surface area contributed by atoms with Crippen LogP contribution in [0, 0.1) is 11.1 Å². The normalized spacial score (nSPS) is 20.8. The van der Waals surface area contributed by atoms with Gasteiger partial charge >= 0.3 is 5.97 Å². The summed E-state index contributed by atoms with van der Waals surface area (Å²) >= 11 is 0. The van der Waals surface area contributed by atoms with Crippen molar-refractivity contribution in [3.05, 3.63) is 46.7 Å². The van der Waals surface area contributed by atoms with Crippen LogP contribution < -0.4 is 10.1 Å². The highest BCUT2D eigenvalue weighted by Gasteiger charge is 2.35. The number of nitrogens with one attached hydrogen (secondary N) is 1. The van der Waals surface area contributed by atoms with Gasteiger partial charge in [0.1, 0.15) is 17.1 Å². The first-order chi connectivity index (χ1) is 13.5. The quantitative estimate of drug-likeness (QED) is 0.578. The van der Waals surface area contributed by atoms with E-state index in [0.29, 0.717) is 12.5 Å². The predicted octanol–water partition coefficient (Wildman–Crippen LogP) is 2.79. The van der Waals surface area contributed by atoms with Crippen LogP contribution in [0.5, 0.6) is 0 Å². The van der Waals surface area contributed by atoms with E-state index >= 15 is 0 Å². The fourth-order valence-electron chi connectivity index (χ4n) is 3.69. The van der Waals surface area contributed by atoms with Crippen molar-refractivity contribution in [2.45, 2.75) is 46.1 Å². The van der Waals surface area contributed by atoms with Gasteiger partial charge in [-0.2, -0.15) is 5.23 Å². The van der Waals surface area contributed by atoms with Gasteiger partial charge in [0, 0.05) is 19.2 Å². The number of ether oxygens (including phenoxy) is 1. The van der Waals surface area contributed by atoms with E-state index < -0.39 is 11.2 Å². The fraction of sp³-hybridized carbons (Fsp3) is 0.500. The second-order valence-electron chi connectivity index (χ2n) is 7.08. The summed E-state index contributed by atoms with van der Waals surface area (Å²) in [7, 11) is 0. The first-order valence-electron chi connectivity index (χ1n) is 9.70. The number of anilines is 1. The van der Waals surface area contributed by atoms with Gasteiger partial charge < -0.3 is 19.3 Å². The fourth-order valence-corrected chi connectivity index (χ4v) is 3.69. The molecule has 0 amide bonds. The minimum Gasteiger partial charge on any atom is -0.595 e. The van der Waals surface area contributed by atoms with Gasteiger partial charge in [0.15, 0.2) is 5.82 Å². The van der Waals surface area contributed by atoms with Crippen LogP contribution >= 0.6 is 0 Å². The molecule has 1 aliphatic rings. The highest BCUT2D eigenvalue weighted by atomic mass is 16.8. The number of quaternary nitrogens is 1. The lowest BCUT2D eigenvalue weighted by molar-refractivity contribution is -0.991. The molecule has 0 bridgehead atoms. The van der Waals surface area contributed by atoms with Gasteiger partial charge in [0.2, 0.25) is 5.69 Å². The van der Waals surface area contributed by atoms with Crippen molar-refractivity contribution < 1.29 is 24.4 Å². The van der Waals surface area contributed by atoms with Crippen molar-refractivity contribution in [2.24, 2.45) is 5.92 Å². The minimum atomic E-state index is -1.20. The number of hydrogen-bond donors (Lipinski definition) is 2. The molecule has 0 aromatic carbocycles. The second-order valence-corrected chi connectivity index (χ2v) is 7.08. The van der Waals surface area contributed by atoms with E-state index in [1.807, 2.05) is 24.0 Å². The van der Waals surface area contributed by atoms with E-state index in [0.717, 1.165) is 30.8 Å². The molecule has 1 aliphatic heterocycles. The molecule has 2 N–H and O–H groups in total. The van der Waals surface area contributed by atoms with Crippen LogP contribution in [0.25, 0.3) is 0 Å². The summed E-state index contributed by atoms with van der Waals surface area (Å²) in [5.74, 6) is 1.78. The Bertz CT molecular complexity index is 820. The maximum Gasteiger partial charge on any atom is 0.344 e. The maximum absolute atomic E-state index is 12.3. The van der Waals surface area contributed by atoms with Crippen molar-refractivity contribution in [1.82, 2.24) is 4.98 Å². The molecule has 0 spiro atoms. The third kappa shape index (κ3) is 4.04. The highest BCUT2D eigenvalue weighted by Crippen LogP contribution is 2.40. The number of furan rings is 1. The van der Waals surface area contributed by atoms with Crippen LogP contribution in [0.2, 0.25) is 0 Å². The van der Waals surface area contributed by atoms with Crippen molar-refractivity contribution >= 4 is 17.5 Å². The first kappa shape index (κ1) is 20.3. The number of rotatable bonds is 6. The van der Waals surface area contributed by atoms with Gasteiger partial charge in [0.05, 0.1) is 12.6 Å². The molecule has 3 unspecified atom stereocenters. The molecule has 1 fully saturated rings. The topological polar surface area (TPSA) is 103 Å². The van der Waals surface area contributed by atoms with Crippen molar-refractivity contribution in [1.29, 1.82) is 0 Å². The van der Waals surface area contributed by atoms with Gasteiger partial charge in [0.25, 0.3) is 0 Å². The number of aromatic nitrogens is 1. The highest BCUT2D eigenvalue weighted by molar-refractivity contribution is 5.96. The third-order valence-electron chi connectivity index (χ3n) is 5.14. The number of piperidine rings is 1. The summed E-state index contributed by atoms with van der Waals surface area (Å²) in [6, 6.07) is 5.17. The molecular formula is C20H27N3O5. The summed E-state index contributed by atoms with van der Waals surface area (Å²) in [6.45, 7) is 6.69. The SMILES string of the molecule is CCOC(=O)c1ccnc(N2CCC(C)CC2c2ccc(CC)o2)c1[NH+]([O-])O. The monoisotopic (exact) mass is 389 g/mol. The molecule has 1 saturated heterocycles. The summed E-state index contributed by atoms with van der Waals surface area (Å²) in [5.41, 5.74) is -0.104. The Balaban J connectivity index is 2.06. The summed E-state index contributed by atoms with van der Waals surface area (Å²) in [6.07, 6.45) is 3.98. The Labute approximate surface area is 164 Å². The average Bonchev–Trinajstić information content (AvgIpc) is 3.16. The molecule has 152 valence electrons. The van der Waals surface area contributed by atoms with Gasteiger partial charge in [-0.1, -0.05) is 13.8 Å². The van der Waals surface area contributed by atoms with Crippen LogP contribution in [0.4, 0.5) is 11.5 Å². The van der Waals surface area contributed by atoms with Gasteiger partial charge in [-0.15, -0.1) is 0 Å². The van der Waals surface area contributed by atoms with Crippen LogP contribution in [0.3, 0.4) is 0 Å². The first-order valence-corrected chi connectivity index (χ1v) is 9.70. The van der Waals surface area contributed by atoms with Crippen molar-refractivity contribution in [3.8, 4) is 0 Å². The molecular weight excluding hydrogens is 362 g/mol. The smallest absolute Gasteiger partial charge is 0.344 e. The van der Waals surface area contributed by atoms with Gasteiger partial charge in [-0.25, -0.2) is 15.0 Å². The summed E-state index contributed by atoms with van der Waals surface area (Å²) in [4.78, 5) is 18.6. The van der Waals surface area contributed by atoms with E-state index in [-0.39, 0.29) is 29.7 Å². The van der Waals surface area contributed by atoms with Crippen LogP contribution in [-0.2, 0) is 11.2 Å². The van der Waals surface area contributed by atoms with Crippen LogP contribution in [-0.4, -0.2) is 29.3 Å². The zero-order chi connectivity index (χ0) is 20.3. The van der Waals surface area contributed by atoms with Crippen molar-refractivity contribution in [2.75, 3.05) is 18.1 Å². The van der Waals surface area contributed by atoms with Crippen LogP contribution in [0.15, 0.2) is 28.8 Å². The Morgan fingerprint density at radius 3 is 2.86 bits per heavy atom. The Kier molecular flexibility index (Phi) is 6.33. The van der Waals surface area contributed by atoms with Crippen LogP contribution in [0.1, 0.15) is 61.5 Å². The third-order valence-corrected chi connectivity index (χ3v) is 5.14. The van der Waals surface area contributed by atoms with E-state index in [9.17, 15) is 15.2 Å². The molecule has 2 aromatic heterocycles. The molecule has 8 nitrogen and oxygen atoms in total. The summed E-state index contributed by atoms with van der Waals surface area (Å²) < 4.78 is 11.0. The lowest BCUT2D eigenvalue weighted by Gasteiger charge is -2.39. The molecule has 2 aromatic rings. The number of nitrogens with zero attached hydrogens (tertiary/aromatic N) is 2. The number of hydrogen-bond acceptors (Lipinski definition) is 7. The molecule has 8 heteroatoms. The van der Waals surface area contributed by atoms with Crippen molar-refractivity contribution in [3.63, 3.8) is 0 Å². The average molecular weight is 389 g/mol. The molecule has 3 atom stereocenters. The minimum absolute atomic E-state index is 0.0189. The Morgan fingerprint density at radius 2 is 2.21 bits per heavy atom. The molecule has 0 saturated carbocycles. The maximum atomic E-state index is 12.3. The van der Waals surface area contributed by atoms with E-state index in [4.69, 9.17) is 9.15 Å². The summed E-state index contributed by atoms with van der Waals surface area (Å²) in [5, 5.41) is 20.7. The number of carbonyl (C=O) groups excluding carboxylic acids is 1. The Morgan fingerprint density at radius 1 is 1.43 bits per heavy atom. The lowest BCUT2D eigenvalue weighted by Crippen LogP contribution is -2.99. The second kappa shape index (κ2) is 8.72. The zero-order valence-corrected chi connectivity index (χ0v) is 16.5. The molecule has 3 rings (SSSR count). The number of pyridine rings is 1. The molecule has 0 aliphatic carbocycles.